The van der Waals surface area contributed by atoms with Gasteiger partial charge in [0.05, 0.1) is 12.2 Å². The Morgan fingerprint density at radius 1 is 1.04 bits per heavy atom. The molecule has 0 radical (unpaired) electrons. The molecule has 6 heteroatoms. The van der Waals surface area contributed by atoms with E-state index >= 15 is 0 Å². The van der Waals surface area contributed by atoms with Crippen LogP contribution in [0.5, 0.6) is 0 Å². The molecule has 0 amide bonds. The molecular weight excluding hydrogens is 352 g/mol. The van der Waals surface area contributed by atoms with Gasteiger partial charge in [-0.1, -0.05) is 60.1 Å². The van der Waals surface area contributed by atoms with E-state index in [-0.39, 0.29) is 0 Å². The van der Waals surface area contributed by atoms with E-state index in [9.17, 15) is 0 Å². The maximum Gasteiger partial charge on any atom is 0.191 e. The Bertz CT molecular complexity index is 845. The summed E-state index contributed by atoms with van der Waals surface area (Å²) >= 11 is 7.81. The zero-order chi connectivity index (χ0) is 17.5. The lowest BCUT2D eigenvalue weighted by Crippen LogP contribution is -2.36. The van der Waals surface area contributed by atoms with Crippen LogP contribution in [0.25, 0.3) is 11.3 Å². The summed E-state index contributed by atoms with van der Waals surface area (Å²) in [5.74, 6) is 0.719. The Hall–Kier alpha value is -2.37. The van der Waals surface area contributed by atoms with Gasteiger partial charge in [0.1, 0.15) is 5.01 Å². The monoisotopic (exact) mass is 370 g/mol. The fourth-order valence-corrected chi connectivity index (χ4v) is 3.28. The average molecular weight is 371 g/mol. The number of aliphatic imine (C=N–C) groups is 1. The van der Waals surface area contributed by atoms with Crippen molar-refractivity contribution in [3.8, 4) is 11.3 Å². The fourth-order valence-electron chi connectivity index (χ4n) is 2.33. The molecule has 1 aromatic heterocycles. The summed E-state index contributed by atoms with van der Waals surface area (Å²) in [7, 11) is 1.75. The van der Waals surface area contributed by atoms with E-state index in [4.69, 9.17) is 11.6 Å². The predicted molar refractivity (Wildman–Crippen MR) is 106 cm³/mol. The highest BCUT2D eigenvalue weighted by Gasteiger charge is 2.06. The van der Waals surface area contributed by atoms with Gasteiger partial charge in [-0.3, -0.25) is 4.99 Å². The summed E-state index contributed by atoms with van der Waals surface area (Å²) < 4.78 is 0. The minimum atomic E-state index is 0.618. The molecule has 0 saturated heterocycles. The first-order chi connectivity index (χ1) is 12.3. The van der Waals surface area contributed by atoms with Gasteiger partial charge in [0, 0.05) is 29.6 Å². The molecule has 128 valence electrons. The van der Waals surface area contributed by atoms with E-state index < -0.39 is 0 Å². The van der Waals surface area contributed by atoms with Crippen molar-refractivity contribution >= 4 is 28.9 Å². The van der Waals surface area contributed by atoms with Crippen molar-refractivity contribution in [2.24, 2.45) is 4.99 Å². The highest BCUT2D eigenvalue weighted by Crippen LogP contribution is 2.21. The minimum absolute atomic E-state index is 0.618. The molecule has 2 aromatic carbocycles. The van der Waals surface area contributed by atoms with E-state index in [0.29, 0.717) is 13.1 Å². The Morgan fingerprint density at radius 2 is 1.76 bits per heavy atom. The predicted octanol–water partition coefficient (Wildman–Crippen LogP) is 4.33. The van der Waals surface area contributed by atoms with Crippen LogP contribution in [0.1, 0.15) is 10.6 Å². The van der Waals surface area contributed by atoms with Gasteiger partial charge in [-0.2, -0.15) is 0 Å². The smallest absolute Gasteiger partial charge is 0.191 e. The van der Waals surface area contributed by atoms with Gasteiger partial charge < -0.3 is 10.6 Å². The van der Waals surface area contributed by atoms with Gasteiger partial charge in [0.25, 0.3) is 0 Å². The quantitative estimate of drug-likeness (QED) is 0.519. The third-order valence-electron chi connectivity index (χ3n) is 3.66. The summed E-state index contributed by atoms with van der Waals surface area (Å²) in [6, 6.07) is 18.0. The number of rotatable bonds is 5. The zero-order valence-electron chi connectivity index (χ0n) is 13.9. The van der Waals surface area contributed by atoms with E-state index in [1.807, 2.05) is 42.5 Å². The zero-order valence-corrected chi connectivity index (χ0v) is 15.4. The lowest BCUT2D eigenvalue weighted by Gasteiger charge is -2.11. The second-order valence-electron chi connectivity index (χ2n) is 5.36. The third-order valence-corrected chi connectivity index (χ3v) is 4.87. The van der Waals surface area contributed by atoms with Crippen LogP contribution in [0.2, 0.25) is 5.02 Å². The topological polar surface area (TPSA) is 49.3 Å². The first-order valence-corrected chi connectivity index (χ1v) is 9.20. The van der Waals surface area contributed by atoms with Crippen molar-refractivity contribution in [1.29, 1.82) is 0 Å². The van der Waals surface area contributed by atoms with Crippen molar-refractivity contribution in [3.05, 3.63) is 75.6 Å². The van der Waals surface area contributed by atoms with Crippen LogP contribution in [-0.2, 0) is 13.1 Å². The molecule has 0 unspecified atom stereocenters. The van der Waals surface area contributed by atoms with Crippen LogP contribution in [-0.4, -0.2) is 18.0 Å². The van der Waals surface area contributed by atoms with Crippen LogP contribution in [0, 0.1) is 0 Å². The number of guanidine groups is 1. The van der Waals surface area contributed by atoms with E-state index in [2.05, 4.69) is 38.1 Å². The summed E-state index contributed by atoms with van der Waals surface area (Å²) in [6.45, 7) is 1.24. The molecule has 0 aliphatic rings. The summed E-state index contributed by atoms with van der Waals surface area (Å²) in [5.41, 5.74) is 3.17. The van der Waals surface area contributed by atoms with Crippen LogP contribution in [0.3, 0.4) is 0 Å². The molecule has 25 heavy (non-hydrogen) atoms. The lowest BCUT2D eigenvalue weighted by molar-refractivity contribution is 0.805. The molecule has 0 fully saturated rings. The van der Waals surface area contributed by atoms with Crippen molar-refractivity contribution in [3.63, 3.8) is 0 Å². The molecule has 2 N–H and O–H groups in total. The van der Waals surface area contributed by atoms with Gasteiger partial charge in [0.2, 0.25) is 0 Å². The number of nitrogens with one attached hydrogen (secondary N) is 2. The molecule has 1 heterocycles. The van der Waals surface area contributed by atoms with Crippen LogP contribution in [0.4, 0.5) is 0 Å². The lowest BCUT2D eigenvalue weighted by atomic mass is 10.2. The van der Waals surface area contributed by atoms with Crippen LogP contribution >= 0.6 is 22.9 Å². The van der Waals surface area contributed by atoms with Crippen molar-refractivity contribution in [2.45, 2.75) is 13.1 Å². The van der Waals surface area contributed by atoms with Gasteiger partial charge in [-0.25, -0.2) is 4.98 Å². The van der Waals surface area contributed by atoms with Crippen molar-refractivity contribution < 1.29 is 0 Å². The Balaban J connectivity index is 1.55. The highest BCUT2D eigenvalue weighted by molar-refractivity contribution is 7.09. The molecular formula is C19H19ClN4S. The van der Waals surface area contributed by atoms with E-state index in [0.717, 1.165) is 32.8 Å². The Labute approximate surface area is 156 Å². The molecule has 0 bridgehead atoms. The molecule has 0 atom stereocenters. The third kappa shape index (κ3) is 4.81. The van der Waals surface area contributed by atoms with Gasteiger partial charge in [-0.15, -0.1) is 11.3 Å². The molecule has 4 nitrogen and oxygen atoms in total. The molecule has 3 aromatic rings. The first-order valence-electron chi connectivity index (χ1n) is 7.94. The second-order valence-corrected chi connectivity index (χ2v) is 6.71. The fraction of sp³-hybridized carbons (Fsp3) is 0.158. The average Bonchev–Trinajstić information content (AvgIpc) is 3.13. The van der Waals surface area contributed by atoms with Gasteiger partial charge in [0.15, 0.2) is 5.96 Å². The first kappa shape index (κ1) is 17.5. The van der Waals surface area contributed by atoms with Crippen molar-refractivity contribution in [2.75, 3.05) is 7.05 Å². The van der Waals surface area contributed by atoms with Crippen molar-refractivity contribution in [1.82, 2.24) is 15.6 Å². The summed E-state index contributed by atoms with van der Waals surface area (Å²) in [4.78, 5) is 8.91. The highest BCUT2D eigenvalue weighted by atomic mass is 35.5. The Kier molecular flexibility index (Phi) is 6.04. The normalized spacial score (nSPS) is 11.4. The minimum Gasteiger partial charge on any atom is -0.352 e. The van der Waals surface area contributed by atoms with Crippen LogP contribution in [0.15, 0.2) is 65.0 Å². The largest absolute Gasteiger partial charge is 0.352 e. The Morgan fingerprint density at radius 3 is 2.52 bits per heavy atom. The maximum absolute atomic E-state index is 6.18. The number of hydrogen-bond acceptors (Lipinski definition) is 3. The molecule has 0 aliphatic carbocycles. The molecule has 0 aliphatic heterocycles. The number of halogens is 1. The molecule has 0 saturated carbocycles. The van der Waals surface area contributed by atoms with Gasteiger partial charge in [-0.05, 0) is 11.6 Å². The number of benzene rings is 2. The standard InChI is InChI=1S/C19H19ClN4S/c1-21-19(22-11-15-9-5-6-10-16(15)20)23-12-18-24-17(13-25-18)14-7-3-2-4-8-14/h2-10,13H,11-12H2,1H3,(H2,21,22,23). The van der Waals surface area contributed by atoms with Crippen LogP contribution < -0.4 is 10.6 Å². The number of hydrogen-bond donors (Lipinski definition) is 2. The van der Waals surface area contributed by atoms with E-state index in [1.165, 1.54) is 0 Å². The summed E-state index contributed by atoms with van der Waals surface area (Å²) in [6.07, 6.45) is 0. The maximum atomic E-state index is 6.18. The number of nitrogens with zero attached hydrogens (tertiary/aromatic N) is 2. The second kappa shape index (κ2) is 8.65. The molecule has 3 rings (SSSR count). The van der Waals surface area contributed by atoms with Gasteiger partial charge >= 0.3 is 0 Å². The molecule has 0 spiro atoms. The summed E-state index contributed by atoms with van der Waals surface area (Å²) in [5, 5.41) is 10.4. The van der Waals surface area contributed by atoms with E-state index in [1.54, 1.807) is 18.4 Å². The number of aromatic nitrogens is 1. The SMILES string of the molecule is CN=C(NCc1nc(-c2ccccc2)cs1)NCc1ccccc1Cl. The number of thiazole rings is 1.